The molecule has 2 aromatic carbocycles. The summed E-state index contributed by atoms with van der Waals surface area (Å²) in [6, 6.07) is 9.01. The Bertz CT molecular complexity index is 1080. The van der Waals surface area contributed by atoms with Crippen molar-refractivity contribution >= 4 is 44.2 Å². The number of amides is 1. The van der Waals surface area contributed by atoms with E-state index >= 15 is 0 Å². The molecule has 7 nitrogen and oxygen atoms in total. The molecule has 1 aliphatic heterocycles. The fourth-order valence-corrected chi connectivity index (χ4v) is 5.02. The predicted molar refractivity (Wildman–Crippen MR) is 128 cm³/mol. The van der Waals surface area contributed by atoms with E-state index in [2.05, 4.69) is 4.90 Å². The first-order chi connectivity index (χ1) is 15.5. The topological polar surface area (TPSA) is 64.1 Å². The lowest BCUT2D eigenvalue weighted by Crippen LogP contribution is -2.43. The van der Waals surface area contributed by atoms with Gasteiger partial charge in [-0.1, -0.05) is 29.0 Å². The van der Waals surface area contributed by atoms with Gasteiger partial charge in [0.2, 0.25) is 0 Å². The molecular weight excluding hydrogens is 450 g/mol. The second-order valence-electron chi connectivity index (χ2n) is 7.52. The molecule has 170 valence electrons. The molecule has 1 amide bonds. The summed E-state index contributed by atoms with van der Waals surface area (Å²) in [5, 5.41) is 1.27. The van der Waals surface area contributed by atoms with Gasteiger partial charge in [0.05, 0.1) is 42.7 Å². The molecule has 32 heavy (non-hydrogen) atoms. The van der Waals surface area contributed by atoms with Crippen LogP contribution in [0.3, 0.4) is 0 Å². The number of halogens is 1. The predicted octanol–water partition coefficient (Wildman–Crippen LogP) is 4.25. The molecule has 1 fully saturated rings. The molecule has 0 atom stereocenters. The smallest absolute Gasteiger partial charge is 0.260 e. The van der Waals surface area contributed by atoms with Crippen LogP contribution in [-0.2, 0) is 4.74 Å². The molecule has 1 aliphatic rings. The highest BCUT2D eigenvalue weighted by atomic mass is 35.5. The number of methoxy groups -OCH3 is 2. The second kappa shape index (κ2) is 10.0. The number of nitrogens with zero attached hydrogens (tertiary/aromatic N) is 3. The van der Waals surface area contributed by atoms with Crippen LogP contribution in [0.4, 0.5) is 5.13 Å². The summed E-state index contributed by atoms with van der Waals surface area (Å²) in [5.41, 5.74) is 2.36. The number of rotatable bonds is 7. The van der Waals surface area contributed by atoms with Crippen LogP contribution in [0.1, 0.15) is 15.9 Å². The lowest BCUT2D eigenvalue weighted by Gasteiger charge is -2.29. The lowest BCUT2D eigenvalue weighted by molar-refractivity contribution is 0.0391. The highest BCUT2D eigenvalue weighted by Gasteiger charge is 2.24. The standard InChI is InChI=1S/C23H26ClN3O4S/c1-15-4-6-17(24)21-20(15)25-23(32-21)27(9-8-26-10-12-31-13-11-26)22(28)16-5-7-18(29-2)19(14-16)30-3/h4-7,14H,8-13H2,1-3H3. The van der Waals surface area contributed by atoms with Gasteiger partial charge >= 0.3 is 0 Å². The Morgan fingerprint density at radius 2 is 1.94 bits per heavy atom. The quantitative estimate of drug-likeness (QED) is 0.509. The second-order valence-corrected chi connectivity index (χ2v) is 8.90. The number of ether oxygens (including phenoxy) is 3. The lowest BCUT2D eigenvalue weighted by atomic mass is 10.1. The third-order valence-electron chi connectivity index (χ3n) is 5.54. The number of anilines is 1. The van der Waals surface area contributed by atoms with Crippen LogP contribution >= 0.6 is 22.9 Å². The maximum atomic E-state index is 13.7. The van der Waals surface area contributed by atoms with E-state index in [4.69, 9.17) is 30.8 Å². The summed E-state index contributed by atoms with van der Waals surface area (Å²) in [7, 11) is 3.13. The van der Waals surface area contributed by atoms with Gasteiger partial charge in [-0.3, -0.25) is 14.6 Å². The van der Waals surface area contributed by atoms with Gasteiger partial charge in [0.1, 0.15) is 0 Å². The van der Waals surface area contributed by atoms with Crippen molar-refractivity contribution in [3.63, 3.8) is 0 Å². The summed E-state index contributed by atoms with van der Waals surface area (Å²) in [6.07, 6.45) is 0. The number of aromatic nitrogens is 1. The molecule has 0 radical (unpaired) electrons. The molecule has 1 saturated heterocycles. The van der Waals surface area contributed by atoms with E-state index in [-0.39, 0.29) is 5.91 Å². The van der Waals surface area contributed by atoms with Crippen LogP contribution in [-0.4, -0.2) is 69.4 Å². The van der Waals surface area contributed by atoms with Crippen LogP contribution in [0.5, 0.6) is 11.5 Å². The maximum absolute atomic E-state index is 13.7. The fourth-order valence-electron chi connectivity index (χ4n) is 3.68. The highest BCUT2D eigenvalue weighted by molar-refractivity contribution is 7.23. The minimum absolute atomic E-state index is 0.146. The van der Waals surface area contributed by atoms with Crippen molar-refractivity contribution in [2.45, 2.75) is 6.92 Å². The SMILES string of the molecule is COc1ccc(C(=O)N(CCN2CCOCC2)c2nc3c(C)ccc(Cl)c3s2)cc1OC. The van der Waals surface area contributed by atoms with E-state index in [1.807, 2.05) is 19.1 Å². The first-order valence-corrected chi connectivity index (χ1v) is 11.6. The molecule has 0 spiro atoms. The molecule has 0 aliphatic carbocycles. The van der Waals surface area contributed by atoms with Crippen molar-refractivity contribution in [3.05, 3.63) is 46.5 Å². The van der Waals surface area contributed by atoms with Crippen molar-refractivity contribution in [2.24, 2.45) is 0 Å². The van der Waals surface area contributed by atoms with Gasteiger partial charge in [-0.2, -0.15) is 0 Å². The molecule has 1 aromatic heterocycles. The normalized spacial score (nSPS) is 14.5. The van der Waals surface area contributed by atoms with Crippen LogP contribution in [0.25, 0.3) is 10.2 Å². The van der Waals surface area contributed by atoms with Gasteiger partial charge in [-0.05, 0) is 36.8 Å². The van der Waals surface area contributed by atoms with Gasteiger partial charge in [0.25, 0.3) is 5.91 Å². The molecule has 3 aromatic rings. The number of thiazole rings is 1. The molecule has 2 heterocycles. The maximum Gasteiger partial charge on any atom is 0.260 e. The molecular formula is C23H26ClN3O4S. The Kier molecular flexibility index (Phi) is 7.15. The number of fused-ring (bicyclic) bond motifs is 1. The largest absolute Gasteiger partial charge is 0.493 e. The van der Waals surface area contributed by atoms with E-state index in [0.717, 1.165) is 35.4 Å². The van der Waals surface area contributed by atoms with Gasteiger partial charge < -0.3 is 14.2 Å². The van der Waals surface area contributed by atoms with Gasteiger partial charge in [0.15, 0.2) is 16.6 Å². The van der Waals surface area contributed by atoms with Crippen LogP contribution in [0, 0.1) is 6.92 Å². The van der Waals surface area contributed by atoms with Crippen LogP contribution in [0.2, 0.25) is 5.02 Å². The number of benzene rings is 2. The Morgan fingerprint density at radius 1 is 1.19 bits per heavy atom. The summed E-state index contributed by atoms with van der Waals surface area (Å²) < 4.78 is 17.1. The average molecular weight is 476 g/mol. The molecule has 4 rings (SSSR count). The number of carbonyl (C=O) groups excluding carboxylic acids is 1. The monoisotopic (exact) mass is 475 g/mol. The van der Waals surface area contributed by atoms with Crippen molar-refractivity contribution in [1.29, 1.82) is 0 Å². The minimum atomic E-state index is -0.146. The third kappa shape index (κ3) is 4.68. The van der Waals surface area contributed by atoms with Gasteiger partial charge in [-0.15, -0.1) is 0 Å². The average Bonchev–Trinajstić information content (AvgIpc) is 3.28. The molecule has 0 N–H and O–H groups in total. The molecule has 0 bridgehead atoms. The van der Waals surface area contributed by atoms with Gasteiger partial charge in [-0.25, -0.2) is 4.98 Å². The third-order valence-corrected chi connectivity index (χ3v) is 7.07. The molecule has 0 unspecified atom stereocenters. The fraction of sp³-hybridized carbons (Fsp3) is 0.391. The van der Waals surface area contributed by atoms with E-state index in [9.17, 15) is 4.79 Å². The molecule has 9 heteroatoms. The first-order valence-electron chi connectivity index (χ1n) is 10.4. The Morgan fingerprint density at radius 3 is 2.62 bits per heavy atom. The first kappa shape index (κ1) is 22.8. The summed E-state index contributed by atoms with van der Waals surface area (Å²) >= 11 is 7.87. The van der Waals surface area contributed by atoms with Crippen LogP contribution < -0.4 is 14.4 Å². The van der Waals surface area contributed by atoms with E-state index in [1.165, 1.54) is 11.3 Å². The Labute approximate surface area is 196 Å². The highest BCUT2D eigenvalue weighted by Crippen LogP contribution is 2.36. The number of carbonyl (C=O) groups is 1. The van der Waals surface area contributed by atoms with E-state index < -0.39 is 0 Å². The van der Waals surface area contributed by atoms with Gasteiger partial charge in [0, 0.05) is 31.7 Å². The van der Waals surface area contributed by atoms with E-state index in [1.54, 1.807) is 37.3 Å². The minimum Gasteiger partial charge on any atom is -0.493 e. The number of morpholine rings is 1. The number of aryl methyl sites for hydroxylation is 1. The van der Waals surface area contributed by atoms with Crippen LogP contribution in [0.15, 0.2) is 30.3 Å². The Hall–Kier alpha value is -2.39. The van der Waals surface area contributed by atoms with Crippen molar-refractivity contribution in [2.75, 3.05) is 58.5 Å². The number of hydrogen-bond acceptors (Lipinski definition) is 7. The zero-order chi connectivity index (χ0) is 22.7. The number of hydrogen-bond donors (Lipinski definition) is 0. The summed E-state index contributed by atoms with van der Waals surface area (Å²) in [5.74, 6) is 0.938. The van der Waals surface area contributed by atoms with Crippen molar-refractivity contribution in [3.8, 4) is 11.5 Å². The van der Waals surface area contributed by atoms with E-state index in [0.29, 0.717) is 47.0 Å². The summed E-state index contributed by atoms with van der Waals surface area (Å²) in [4.78, 5) is 22.5. The zero-order valence-electron chi connectivity index (χ0n) is 18.4. The summed E-state index contributed by atoms with van der Waals surface area (Å²) in [6.45, 7) is 6.34. The van der Waals surface area contributed by atoms with Crippen molar-refractivity contribution in [1.82, 2.24) is 9.88 Å². The Balaban J connectivity index is 1.69. The molecule has 0 saturated carbocycles. The van der Waals surface area contributed by atoms with Crippen molar-refractivity contribution < 1.29 is 19.0 Å². The zero-order valence-corrected chi connectivity index (χ0v) is 20.0.